The molecule has 0 spiro atoms. The molecule has 1 saturated heterocycles. The van der Waals surface area contributed by atoms with Gasteiger partial charge in [0.15, 0.2) is 0 Å². The van der Waals surface area contributed by atoms with E-state index in [0.29, 0.717) is 17.1 Å². The molecule has 1 aliphatic heterocycles. The zero-order valence-electron chi connectivity index (χ0n) is 13.5. The third-order valence-electron chi connectivity index (χ3n) is 4.53. The van der Waals surface area contributed by atoms with Gasteiger partial charge in [-0.15, -0.1) is 0 Å². The topological polar surface area (TPSA) is 44.3 Å². The number of aromatic nitrogens is 2. The molecular weight excluding hydrogens is 298 g/mol. The van der Waals surface area contributed by atoms with Crippen LogP contribution in [0.15, 0.2) is 18.2 Å². The molecule has 22 heavy (non-hydrogen) atoms. The molecule has 0 aliphatic carbocycles. The van der Waals surface area contributed by atoms with Crippen LogP contribution in [0.3, 0.4) is 0 Å². The van der Waals surface area contributed by atoms with E-state index in [1.165, 1.54) is 0 Å². The third-order valence-corrected chi connectivity index (χ3v) is 4.76. The summed E-state index contributed by atoms with van der Waals surface area (Å²) in [5.41, 5.74) is 0.915. The van der Waals surface area contributed by atoms with Gasteiger partial charge in [-0.2, -0.15) is 4.98 Å². The molecule has 1 aromatic heterocycles. The van der Waals surface area contributed by atoms with Crippen LogP contribution in [0.5, 0.6) is 0 Å². The summed E-state index contributed by atoms with van der Waals surface area (Å²) < 4.78 is 0. The van der Waals surface area contributed by atoms with E-state index in [4.69, 9.17) is 21.6 Å². The fourth-order valence-electron chi connectivity index (χ4n) is 2.99. The number of anilines is 2. The summed E-state index contributed by atoms with van der Waals surface area (Å²) in [5, 5.41) is 4.81. The highest BCUT2D eigenvalue weighted by molar-refractivity contribution is 6.31. The lowest BCUT2D eigenvalue weighted by Crippen LogP contribution is -2.55. The van der Waals surface area contributed by atoms with Gasteiger partial charge in [-0.1, -0.05) is 11.6 Å². The number of likely N-dealkylation sites (N-methyl/N-ethyl adjacent to an activating group) is 1. The number of fused-ring (bicyclic) bond motifs is 1. The molecule has 0 amide bonds. The molecule has 0 radical (unpaired) electrons. The van der Waals surface area contributed by atoms with Crippen molar-refractivity contribution in [3.05, 3.63) is 23.2 Å². The average Bonchev–Trinajstić information content (AvgIpc) is 2.51. The van der Waals surface area contributed by atoms with Crippen molar-refractivity contribution < 1.29 is 0 Å². The number of halogens is 1. The Balaban J connectivity index is 2.02. The molecule has 2 aromatic rings. The van der Waals surface area contributed by atoms with Crippen LogP contribution in [0.25, 0.3) is 10.9 Å². The first kappa shape index (κ1) is 15.3. The first-order chi connectivity index (χ1) is 10.5. The minimum absolute atomic E-state index is 0.478. The lowest BCUT2D eigenvalue weighted by atomic mass is 10.1. The zero-order chi connectivity index (χ0) is 15.9. The van der Waals surface area contributed by atoms with Crippen molar-refractivity contribution in [1.82, 2.24) is 14.9 Å². The molecule has 0 saturated carbocycles. The fourth-order valence-corrected chi connectivity index (χ4v) is 3.16. The van der Waals surface area contributed by atoms with Crippen LogP contribution >= 0.6 is 11.6 Å². The Kier molecular flexibility index (Phi) is 4.10. The largest absolute Gasteiger partial charge is 0.372 e. The van der Waals surface area contributed by atoms with Gasteiger partial charge in [0.05, 0.1) is 5.52 Å². The van der Waals surface area contributed by atoms with E-state index in [0.717, 1.165) is 35.8 Å². The Bertz CT molecular complexity index is 678. The predicted molar refractivity (Wildman–Crippen MR) is 93.0 cm³/mol. The molecular formula is C16H22ClN5. The normalized spacial score (nSPS) is 23.0. The van der Waals surface area contributed by atoms with Crippen LogP contribution in [-0.4, -0.2) is 54.1 Å². The molecule has 1 aromatic carbocycles. The standard InChI is InChI=1S/C16H22ClN5/c1-10-8-22(9-11(2)21(10)4)16-19-14-6-5-12(17)7-13(14)15(18-3)20-16/h5-7,10-11H,8-9H2,1-4H3,(H,18,19,20). The van der Waals surface area contributed by atoms with E-state index >= 15 is 0 Å². The van der Waals surface area contributed by atoms with Crippen LogP contribution in [0.1, 0.15) is 13.8 Å². The molecule has 118 valence electrons. The van der Waals surface area contributed by atoms with Crippen molar-refractivity contribution in [2.45, 2.75) is 25.9 Å². The van der Waals surface area contributed by atoms with Crippen LogP contribution in [0.4, 0.5) is 11.8 Å². The van der Waals surface area contributed by atoms with Crippen LogP contribution < -0.4 is 10.2 Å². The highest BCUT2D eigenvalue weighted by Gasteiger charge is 2.28. The smallest absolute Gasteiger partial charge is 0.228 e. The van der Waals surface area contributed by atoms with Gasteiger partial charge in [-0.25, -0.2) is 4.98 Å². The summed E-state index contributed by atoms with van der Waals surface area (Å²) in [4.78, 5) is 14.1. The van der Waals surface area contributed by atoms with Gasteiger partial charge >= 0.3 is 0 Å². The molecule has 6 heteroatoms. The maximum Gasteiger partial charge on any atom is 0.228 e. The predicted octanol–water partition coefficient (Wildman–Crippen LogP) is 2.85. The maximum atomic E-state index is 6.09. The van der Waals surface area contributed by atoms with E-state index in [9.17, 15) is 0 Å². The second-order valence-electron chi connectivity index (χ2n) is 6.05. The second-order valence-corrected chi connectivity index (χ2v) is 6.49. The minimum atomic E-state index is 0.478. The maximum absolute atomic E-state index is 6.09. The number of benzene rings is 1. The number of nitrogens with zero attached hydrogens (tertiary/aromatic N) is 4. The van der Waals surface area contributed by atoms with E-state index < -0.39 is 0 Å². The minimum Gasteiger partial charge on any atom is -0.372 e. The van der Waals surface area contributed by atoms with Gasteiger partial charge in [0.25, 0.3) is 0 Å². The lowest BCUT2D eigenvalue weighted by molar-refractivity contribution is 0.169. The summed E-state index contributed by atoms with van der Waals surface area (Å²) >= 11 is 6.09. The molecule has 3 rings (SSSR count). The highest BCUT2D eigenvalue weighted by atomic mass is 35.5. The molecule has 1 fully saturated rings. The summed E-state index contributed by atoms with van der Waals surface area (Å²) in [5.74, 6) is 1.60. The van der Waals surface area contributed by atoms with Crippen LogP contribution in [-0.2, 0) is 0 Å². The summed E-state index contributed by atoms with van der Waals surface area (Å²) in [6.45, 7) is 6.34. The van der Waals surface area contributed by atoms with Crippen molar-refractivity contribution in [2.75, 3.05) is 37.4 Å². The van der Waals surface area contributed by atoms with Crippen LogP contribution in [0, 0.1) is 0 Å². The van der Waals surface area contributed by atoms with Crippen LogP contribution in [0.2, 0.25) is 5.02 Å². The quantitative estimate of drug-likeness (QED) is 0.922. The molecule has 1 N–H and O–H groups in total. The van der Waals surface area contributed by atoms with Crippen molar-refractivity contribution in [1.29, 1.82) is 0 Å². The Morgan fingerprint density at radius 3 is 2.50 bits per heavy atom. The molecule has 2 unspecified atom stereocenters. The van der Waals surface area contributed by atoms with Crippen molar-refractivity contribution in [3.63, 3.8) is 0 Å². The van der Waals surface area contributed by atoms with Gasteiger partial charge in [0.2, 0.25) is 5.95 Å². The van der Waals surface area contributed by atoms with Gasteiger partial charge in [-0.05, 0) is 39.1 Å². The monoisotopic (exact) mass is 319 g/mol. The van der Waals surface area contributed by atoms with Crippen molar-refractivity contribution in [2.24, 2.45) is 0 Å². The number of nitrogens with one attached hydrogen (secondary N) is 1. The lowest BCUT2D eigenvalue weighted by Gasteiger charge is -2.42. The Labute approximate surface area is 136 Å². The van der Waals surface area contributed by atoms with E-state index in [-0.39, 0.29) is 0 Å². The molecule has 2 heterocycles. The number of piperazine rings is 1. The van der Waals surface area contributed by atoms with Gasteiger partial charge in [-0.3, -0.25) is 4.90 Å². The fraction of sp³-hybridized carbons (Fsp3) is 0.500. The molecule has 5 nitrogen and oxygen atoms in total. The second kappa shape index (κ2) is 5.89. The van der Waals surface area contributed by atoms with Crippen molar-refractivity contribution >= 4 is 34.3 Å². The molecule has 0 bridgehead atoms. The summed E-state index contributed by atoms with van der Waals surface area (Å²) in [7, 11) is 4.05. The van der Waals surface area contributed by atoms with Crippen molar-refractivity contribution in [3.8, 4) is 0 Å². The van der Waals surface area contributed by atoms with Gasteiger partial charge < -0.3 is 10.2 Å². The Morgan fingerprint density at radius 2 is 1.86 bits per heavy atom. The highest BCUT2D eigenvalue weighted by Crippen LogP contribution is 2.27. The zero-order valence-corrected chi connectivity index (χ0v) is 14.2. The van der Waals surface area contributed by atoms with E-state index in [2.05, 4.69) is 36.0 Å². The molecule has 2 atom stereocenters. The summed E-state index contributed by atoms with van der Waals surface area (Å²) in [6.07, 6.45) is 0. The Morgan fingerprint density at radius 1 is 1.18 bits per heavy atom. The number of hydrogen-bond acceptors (Lipinski definition) is 5. The Hall–Kier alpha value is -1.59. The third kappa shape index (κ3) is 2.71. The first-order valence-electron chi connectivity index (χ1n) is 7.61. The first-order valence-corrected chi connectivity index (χ1v) is 7.99. The SMILES string of the molecule is CNc1nc(N2CC(C)N(C)C(C)C2)nc2ccc(Cl)cc12. The van der Waals surface area contributed by atoms with E-state index in [1.54, 1.807) is 0 Å². The van der Waals surface area contributed by atoms with Gasteiger partial charge in [0, 0.05) is 42.6 Å². The summed E-state index contributed by atoms with van der Waals surface area (Å²) in [6, 6.07) is 6.68. The molecule has 1 aliphatic rings. The number of rotatable bonds is 2. The number of hydrogen-bond donors (Lipinski definition) is 1. The van der Waals surface area contributed by atoms with Gasteiger partial charge in [0.1, 0.15) is 5.82 Å². The van der Waals surface area contributed by atoms with E-state index in [1.807, 2.05) is 25.2 Å². The average molecular weight is 320 g/mol.